The number of nitrogens with one attached hydrogen (secondary N) is 1. The molecular formula is C16H19FN2S. The van der Waals surface area contributed by atoms with E-state index in [-0.39, 0.29) is 5.82 Å². The third-order valence-corrected chi connectivity index (χ3v) is 3.83. The first-order valence-electron chi connectivity index (χ1n) is 6.70. The fourth-order valence-electron chi connectivity index (χ4n) is 1.98. The first kappa shape index (κ1) is 15.0. The van der Waals surface area contributed by atoms with Gasteiger partial charge in [-0.05, 0) is 55.8 Å². The van der Waals surface area contributed by atoms with Crippen LogP contribution in [0.3, 0.4) is 0 Å². The summed E-state index contributed by atoms with van der Waals surface area (Å²) in [6, 6.07) is 9.36. The van der Waals surface area contributed by atoms with Crippen LogP contribution in [0.2, 0.25) is 0 Å². The topological polar surface area (TPSA) is 24.9 Å². The Bertz CT molecular complexity index is 579. The van der Waals surface area contributed by atoms with Crippen molar-refractivity contribution in [3.8, 4) is 0 Å². The minimum atomic E-state index is -0.189. The molecule has 0 bridgehead atoms. The second-order valence-electron chi connectivity index (χ2n) is 4.77. The highest BCUT2D eigenvalue weighted by molar-refractivity contribution is 7.99. The smallest absolute Gasteiger partial charge is 0.137 e. The standard InChI is InChI=1S/C16H19FN2S/c1-4-18-10-13-5-6-15(14(17)9-13)20-16-8-11(2)7-12(3)19-16/h5-9,18H,4,10H2,1-3H3. The van der Waals surface area contributed by atoms with Crippen LogP contribution in [0.15, 0.2) is 40.3 Å². The van der Waals surface area contributed by atoms with Crippen LogP contribution >= 0.6 is 11.8 Å². The number of aromatic nitrogens is 1. The average Bonchev–Trinajstić information content (AvgIpc) is 2.38. The van der Waals surface area contributed by atoms with E-state index in [1.54, 1.807) is 6.07 Å². The van der Waals surface area contributed by atoms with Gasteiger partial charge in [0.1, 0.15) is 10.8 Å². The van der Waals surface area contributed by atoms with E-state index in [1.807, 2.05) is 45.0 Å². The molecule has 0 aliphatic heterocycles. The van der Waals surface area contributed by atoms with Gasteiger partial charge in [-0.15, -0.1) is 0 Å². The van der Waals surface area contributed by atoms with Gasteiger partial charge in [-0.2, -0.15) is 0 Å². The third-order valence-electron chi connectivity index (χ3n) is 2.86. The summed E-state index contributed by atoms with van der Waals surface area (Å²) >= 11 is 1.37. The van der Waals surface area contributed by atoms with Crippen molar-refractivity contribution in [3.63, 3.8) is 0 Å². The first-order valence-corrected chi connectivity index (χ1v) is 7.52. The van der Waals surface area contributed by atoms with E-state index in [2.05, 4.69) is 10.3 Å². The molecule has 0 aliphatic carbocycles. The van der Waals surface area contributed by atoms with Gasteiger partial charge in [-0.1, -0.05) is 24.8 Å². The van der Waals surface area contributed by atoms with Crippen LogP contribution < -0.4 is 5.32 Å². The minimum Gasteiger partial charge on any atom is -0.313 e. The van der Waals surface area contributed by atoms with Crippen molar-refractivity contribution in [1.29, 1.82) is 0 Å². The molecule has 0 unspecified atom stereocenters. The molecule has 0 amide bonds. The third kappa shape index (κ3) is 4.05. The second kappa shape index (κ2) is 6.86. The van der Waals surface area contributed by atoms with Crippen LogP contribution in [0.4, 0.5) is 4.39 Å². The van der Waals surface area contributed by atoms with Crippen molar-refractivity contribution >= 4 is 11.8 Å². The molecule has 4 heteroatoms. The largest absolute Gasteiger partial charge is 0.313 e. The van der Waals surface area contributed by atoms with E-state index in [4.69, 9.17) is 0 Å². The monoisotopic (exact) mass is 290 g/mol. The van der Waals surface area contributed by atoms with Gasteiger partial charge in [0.2, 0.25) is 0 Å². The van der Waals surface area contributed by atoms with Crippen LogP contribution in [-0.4, -0.2) is 11.5 Å². The molecule has 0 aliphatic rings. The maximum Gasteiger partial charge on any atom is 0.137 e. The van der Waals surface area contributed by atoms with Crippen LogP contribution in [0.1, 0.15) is 23.7 Å². The number of rotatable bonds is 5. The number of halogens is 1. The van der Waals surface area contributed by atoms with Gasteiger partial charge in [-0.3, -0.25) is 0 Å². The maximum atomic E-state index is 14.1. The summed E-state index contributed by atoms with van der Waals surface area (Å²) in [4.78, 5) is 5.04. The van der Waals surface area contributed by atoms with E-state index in [0.29, 0.717) is 11.4 Å². The molecule has 106 valence electrons. The lowest BCUT2D eigenvalue weighted by Gasteiger charge is -2.07. The Morgan fingerprint density at radius 3 is 2.65 bits per heavy atom. The molecule has 1 N–H and O–H groups in total. The van der Waals surface area contributed by atoms with Crippen LogP contribution in [0.25, 0.3) is 0 Å². The highest BCUT2D eigenvalue weighted by Gasteiger charge is 2.07. The summed E-state index contributed by atoms with van der Waals surface area (Å²) in [5.74, 6) is -0.189. The SMILES string of the molecule is CCNCc1ccc(Sc2cc(C)cc(C)n2)c(F)c1. The molecule has 0 fully saturated rings. The van der Waals surface area contributed by atoms with E-state index in [1.165, 1.54) is 11.8 Å². The Hall–Kier alpha value is -1.39. The zero-order chi connectivity index (χ0) is 14.5. The molecule has 0 spiro atoms. The minimum absolute atomic E-state index is 0.189. The van der Waals surface area contributed by atoms with E-state index < -0.39 is 0 Å². The molecular weight excluding hydrogens is 271 g/mol. The zero-order valence-electron chi connectivity index (χ0n) is 12.0. The fraction of sp³-hybridized carbons (Fsp3) is 0.312. The van der Waals surface area contributed by atoms with Crippen molar-refractivity contribution in [3.05, 3.63) is 53.0 Å². The van der Waals surface area contributed by atoms with Gasteiger partial charge in [0, 0.05) is 17.1 Å². The number of aryl methyl sites for hydroxylation is 2. The van der Waals surface area contributed by atoms with Crippen LogP contribution in [0.5, 0.6) is 0 Å². The van der Waals surface area contributed by atoms with E-state index in [0.717, 1.165) is 28.4 Å². The summed E-state index contributed by atoms with van der Waals surface area (Å²) in [6.07, 6.45) is 0. The molecule has 1 heterocycles. The Labute approximate surface area is 123 Å². The highest BCUT2D eigenvalue weighted by Crippen LogP contribution is 2.29. The lowest BCUT2D eigenvalue weighted by Crippen LogP contribution is -2.11. The lowest BCUT2D eigenvalue weighted by atomic mass is 10.2. The first-order chi connectivity index (χ1) is 9.58. The highest BCUT2D eigenvalue weighted by atomic mass is 32.2. The fourth-order valence-corrected chi connectivity index (χ4v) is 2.93. The number of pyridine rings is 1. The summed E-state index contributed by atoms with van der Waals surface area (Å²) in [7, 11) is 0. The Morgan fingerprint density at radius 2 is 2.00 bits per heavy atom. The van der Waals surface area contributed by atoms with Crippen molar-refractivity contribution in [2.24, 2.45) is 0 Å². The predicted octanol–water partition coefficient (Wildman–Crippen LogP) is 4.10. The quantitative estimate of drug-likeness (QED) is 0.897. The summed E-state index contributed by atoms with van der Waals surface area (Å²) < 4.78 is 14.1. The Balaban J connectivity index is 2.16. The average molecular weight is 290 g/mol. The van der Waals surface area contributed by atoms with Gasteiger partial charge in [0.15, 0.2) is 0 Å². The van der Waals surface area contributed by atoms with Gasteiger partial charge in [-0.25, -0.2) is 9.37 Å². The molecule has 2 rings (SSSR count). The van der Waals surface area contributed by atoms with Gasteiger partial charge < -0.3 is 5.32 Å². The molecule has 0 radical (unpaired) electrons. The number of hydrogen-bond donors (Lipinski definition) is 1. The van der Waals surface area contributed by atoms with E-state index >= 15 is 0 Å². The Kier molecular flexibility index (Phi) is 5.15. The van der Waals surface area contributed by atoms with Crippen molar-refractivity contribution in [2.75, 3.05) is 6.54 Å². The normalized spacial score (nSPS) is 10.8. The van der Waals surface area contributed by atoms with E-state index in [9.17, 15) is 4.39 Å². The number of nitrogens with zero attached hydrogens (tertiary/aromatic N) is 1. The molecule has 0 atom stereocenters. The molecule has 2 nitrogen and oxygen atoms in total. The predicted molar refractivity (Wildman–Crippen MR) is 81.6 cm³/mol. The van der Waals surface area contributed by atoms with Crippen molar-refractivity contribution in [2.45, 2.75) is 37.2 Å². The summed E-state index contributed by atoms with van der Waals surface area (Å²) in [6.45, 7) is 7.58. The Morgan fingerprint density at radius 1 is 1.20 bits per heavy atom. The molecule has 0 saturated carbocycles. The van der Waals surface area contributed by atoms with Crippen molar-refractivity contribution < 1.29 is 4.39 Å². The summed E-state index contributed by atoms with van der Waals surface area (Å²) in [5.41, 5.74) is 3.06. The molecule has 1 aromatic carbocycles. The van der Waals surface area contributed by atoms with Gasteiger partial charge >= 0.3 is 0 Å². The van der Waals surface area contributed by atoms with Gasteiger partial charge in [0.05, 0.1) is 0 Å². The van der Waals surface area contributed by atoms with Crippen LogP contribution in [-0.2, 0) is 6.54 Å². The number of benzene rings is 1. The van der Waals surface area contributed by atoms with Crippen molar-refractivity contribution in [1.82, 2.24) is 10.3 Å². The molecule has 0 saturated heterocycles. The zero-order valence-corrected chi connectivity index (χ0v) is 12.9. The molecule has 1 aromatic heterocycles. The lowest BCUT2D eigenvalue weighted by molar-refractivity contribution is 0.596. The molecule has 20 heavy (non-hydrogen) atoms. The maximum absolute atomic E-state index is 14.1. The summed E-state index contributed by atoms with van der Waals surface area (Å²) in [5, 5.41) is 4.02. The molecule has 2 aromatic rings. The number of hydrogen-bond acceptors (Lipinski definition) is 3. The van der Waals surface area contributed by atoms with Gasteiger partial charge in [0.25, 0.3) is 0 Å². The second-order valence-corrected chi connectivity index (χ2v) is 5.83. The van der Waals surface area contributed by atoms with Crippen LogP contribution in [0, 0.1) is 19.7 Å².